The summed E-state index contributed by atoms with van der Waals surface area (Å²) in [5, 5.41) is 13.0. The van der Waals surface area contributed by atoms with Crippen LogP contribution in [0.3, 0.4) is 0 Å². The molecule has 0 spiro atoms. The van der Waals surface area contributed by atoms with E-state index >= 15 is 0 Å². The number of phenolic OH excluding ortho intramolecular Hbond substituents is 1. The Kier molecular flexibility index (Phi) is 4.17. The van der Waals surface area contributed by atoms with Gasteiger partial charge in [0.2, 0.25) is 0 Å². The van der Waals surface area contributed by atoms with Crippen molar-refractivity contribution in [3.63, 3.8) is 0 Å². The Morgan fingerprint density at radius 1 is 1.16 bits per heavy atom. The Morgan fingerprint density at radius 3 is 2.37 bits per heavy atom. The maximum absolute atomic E-state index is 13.1. The molecule has 0 fully saturated rings. The molecule has 0 aliphatic heterocycles. The molecular weight excluding hydrogens is 288 g/mol. The number of hydrogen-bond donors (Lipinski definition) is 2. The van der Waals surface area contributed by atoms with Crippen molar-refractivity contribution in [1.29, 1.82) is 0 Å². The third kappa shape index (κ3) is 3.31. The molecule has 0 aliphatic carbocycles. The first kappa shape index (κ1) is 14.0. The predicted octanol–water partition coefficient (Wildman–Crippen LogP) is 5.01. The molecule has 0 amide bonds. The van der Waals surface area contributed by atoms with Gasteiger partial charge in [-0.3, -0.25) is 0 Å². The summed E-state index contributed by atoms with van der Waals surface area (Å²) in [4.78, 5) is 0. The van der Waals surface area contributed by atoms with Crippen molar-refractivity contribution < 1.29 is 9.50 Å². The third-order valence-electron chi connectivity index (χ3n) is 2.74. The van der Waals surface area contributed by atoms with E-state index in [0.29, 0.717) is 5.69 Å². The molecule has 2 rings (SSSR count). The molecule has 0 heterocycles. The van der Waals surface area contributed by atoms with E-state index in [4.69, 9.17) is 23.2 Å². The third-order valence-corrected chi connectivity index (χ3v) is 3.33. The van der Waals surface area contributed by atoms with E-state index in [1.165, 1.54) is 12.1 Å². The number of halogens is 3. The zero-order valence-corrected chi connectivity index (χ0v) is 11.6. The normalized spacial score (nSPS) is 12.2. The largest absolute Gasteiger partial charge is 0.508 e. The van der Waals surface area contributed by atoms with Crippen LogP contribution in [0.2, 0.25) is 10.0 Å². The lowest BCUT2D eigenvalue weighted by molar-refractivity contribution is 0.474. The van der Waals surface area contributed by atoms with Gasteiger partial charge in [0.25, 0.3) is 0 Å². The molecule has 0 bridgehead atoms. The Bertz CT molecular complexity index is 581. The first-order valence-electron chi connectivity index (χ1n) is 5.67. The van der Waals surface area contributed by atoms with Gasteiger partial charge in [-0.05, 0) is 36.8 Å². The van der Waals surface area contributed by atoms with E-state index in [1.807, 2.05) is 13.0 Å². The summed E-state index contributed by atoms with van der Waals surface area (Å²) in [6, 6.07) is 9.11. The Morgan fingerprint density at radius 2 is 1.79 bits per heavy atom. The predicted molar refractivity (Wildman–Crippen MR) is 76.6 cm³/mol. The van der Waals surface area contributed by atoms with Crippen LogP contribution in [0.5, 0.6) is 5.75 Å². The highest BCUT2D eigenvalue weighted by atomic mass is 35.5. The molecule has 0 saturated heterocycles. The summed E-state index contributed by atoms with van der Waals surface area (Å²) in [7, 11) is 0. The second-order valence-corrected chi connectivity index (χ2v) is 5.02. The zero-order valence-electron chi connectivity index (χ0n) is 10.1. The fourth-order valence-corrected chi connectivity index (χ4v) is 2.34. The van der Waals surface area contributed by atoms with Crippen LogP contribution in [0.4, 0.5) is 10.1 Å². The average molecular weight is 300 g/mol. The molecule has 5 heteroatoms. The molecule has 2 N–H and O–H groups in total. The molecule has 2 aromatic rings. The van der Waals surface area contributed by atoms with Gasteiger partial charge in [0, 0.05) is 6.04 Å². The number of hydrogen-bond acceptors (Lipinski definition) is 2. The first-order valence-corrected chi connectivity index (χ1v) is 6.43. The summed E-state index contributed by atoms with van der Waals surface area (Å²) < 4.78 is 13.1. The van der Waals surface area contributed by atoms with Gasteiger partial charge < -0.3 is 10.4 Å². The van der Waals surface area contributed by atoms with Crippen LogP contribution < -0.4 is 5.32 Å². The standard InChI is InChI=1S/C14H12Cl2FNO/c1-8(9-3-2-4-11(19)5-9)18-14-12(15)6-10(17)7-13(14)16/h2-8,18-19H,1H3. The zero-order chi connectivity index (χ0) is 14.0. The maximum atomic E-state index is 13.1. The smallest absolute Gasteiger partial charge is 0.126 e. The van der Waals surface area contributed by atoms with Crippen LogP contribution in [0.15, 0.2) is 36.4 Å². The Balaban J connectivity index is 2.26. The minimum Gasteiger partial charge on any atom is -0.508 e. The molecular formula is C14H12Cl2FNO. The number of nitrogens with one attached hydrogen (secondary N) is 1. The lowest BCUT2D eigenvalue weighted by Crippen LogP contribution is -2.07. The number of anilines is 1. The second-order valence-electron chi connectivity index (χ2n) is 4.21. The summed E-state index contributed by atoms with van der Waals surface area (Å²) in [6.45, 7) is 1.89. The highest BCUT2D eigenvalue weighted by molar-refractivity contribution is 6.39. The van der Waals surface area contributed by atoms with Crippen molar-refractivity contribution in [2.24, 2.45) is 0 Å². The van der Waals surface area contributed by atoms with Crippen LogP contribution in [0, 0.1) is 5.82 Å². The molecule has 100 valence electrons. The maximum Gasteiger partial charge on any atom is 0.126 e. The van der Waals surface area contributed by atoms with E-state index in [0.717, 1.165) is 5.56 Å². The van der Waals surface area contributed by atoms with Gasteiger partial charge in [0.1, 0.15) is 11.6 Å². The number of aromatic hydroxyl groups is 1. The number of rotatable bonds is 3. The molecule has 1 atom stereocenters. The van der Waals surface area contributed by atoms with Gasteiger partial charge in [-0.2, -0.15) is 0 Å². The van der Waals surface area contributed by atoms with Gasteiger partial charge in [-0.15, -0.1) is 0 Å². The molecule has 1 unspecified atom stereocenters. The summed E-state index contributed by atoms with van der Waals surface area (Å²) in [5.41, 5.74) is 1.34. The lowest BCUT2D eigenvalue weighted by atomic mass is 10.1. The van der Waals surface area contributed by atoms with Crippen LogP contribution in [-0.2, 0) is 0 Å². The van der Waals surface area contributed by atoms with Crippen molar-refractivity contribution in [3.8, 4) is 5.75 Å². The minimum atomic E-state index is -0.481. The van der Waals surface area contributed by atoms with Gasteiger partial charge in [0.05, 0.1) is 15.7 Å². The van der Waals surface area contributed by atoms with Crippen LogP contribution in [0.25, 0.3) is 0 Å². The summed E-state index contributed by atoms with van der Waals surface area (Å²) in [5.74, 6) is -0.298. The SMILES string of the molecule is CC(Nc1c(Cl)cc(F)cc1Cl)c1cccc(O)c1. The fourth-order valence-electron chi connectivity index (χ4n) is 1.77. The first-order chi connectivity index (χ1) is 8.97. The molecule has 0 aliphatic rings. The quantitative estimate of drug-likeness (QED) is 0.835. The van der Waals surface area contributed by atoms with Crippen molar-refractivity contribution in [2.45, 2.75) is 13.0 Å². The molecule has 2 aromatic carbocycles. The highest BCUT2D eigenvalue weighted by Gasteiger charge is 2.12. The Labute approximate surface area is 120 Å². The van der Waals surface area contributed by atoms with E-state index in [9.17, 15) is 9.50 Å². The monoisotopic (exact) mass is 299 g/mol. The molecule has 0 aromatic heterocycles. The van der Waals surface area contributed by atoms with Gasteiger partial charge in [-0.25, -0.2) is 4.39 Å². The van der Waals surface area contributed by atoms with Crippen molar-refractivity contribution in [2.75, 3.05) is 5.32 Å². The van der Waals surface area contributed by atoms with Crippen molar-refractivity contribution >= 4 is 28.9 Å². The van der Waals surface area contributed by atoms with E-state index in [-0.39, 0.29) is 21.8 Å². The van der Waals surface area contributed by atoms with Crippen LogP contribution in [0.1, 0.15) is 18.5 Å². The van der Waals surface area contributed by atoms with Gasteiger partial charge >= 0.3 is 0 Å². The van der Waals surface area contributed by atoms with Gasteiger partial charge in [0.15, 0.2) is 0 Å². The number of benzene rings is 2. The number of phenols is 1. The van der Waals surface area contributed by atoms with Gasteiger partial charge in [-0.1, -0.05) is 35.3 Å². The van der Waals surface area contributed by atoms with E-state index in [2.05, 4.69) is 5.32 Å². The fraction of sp³-hybridized carbons (Fsp3) is 0.143. The average Bonchev–Trinajstić information content (AvgIpc) is 2.33. The second kappa shape index (κ2) is 5.68. The summed E-state index contributed by atoms with van der Waals surface area (Å²) in [6.07, 6.45) is 0. The van der Waals surface area contributed by atoms with E-state index < -0.39 is 5.82 Å². The minimum absolute atomic E-state index is 0.132. The molecule has 0 saturated carbocycles. The van der Waals surface area contributed by atoms with Crippen molar-refractivity contribution in [3.05, 3.63) is 57.8 Å². The molecule has 2 nitrogen and oxygen atoms in total. The molecule has 0 radical (unpaired) electrons. The Hall–Kier alpha value is -1.45. The van der Waals surface area contributed by atoms with E-state index in [1.54, 1.807) is 18.2 Å². The molecule has 19 heavy (non-hydrogen) atoms. The highest BCUT2D eigenvalue weighted by Crippen LogP contribution is 2.34. The van der Waals surface area contributed by atoms with Crippen LogP contribution in [-0.4, -0.2) is 5.11 Å². The topological polar surface area (TPSA) is 32.3 Å². The summed E-state index contributed by atoms with van der Waals surface area (Å²) >= 11 is 11.9. The van der Waals surface area contributed by atoms with Crippen molar-refractivity contribution in [1.82, 2.24) is 0 Å². The lowest BCUT2D eigenvalue weighted by Gasteiger charge is -2.18. The van der Waals surface area contributed by atoms with Crippen LogP contribution >= 0.6 is 23.2 Å².